The number of aliphatic hydroxyl groups is 1. The van der Waals surface area contributed by atoms with Gasteiger partial charge in [-0.05, 0) is 28.9 Å². The maximum atomic E-state index is 8.98. The Hall–Kier alpha value is -1.40. The molecule has 1 heterocycles. The van der Waals surface area contributed by atoms with E-state index in [-0.39, 0.29) is 12.6 Å². The molecule has 1 atom stereocenters. The van der Waals surface area contributed by atoms with Gasteiger partial charge in [0.2, 0.25) is 5.95 Å². The molecule has 0 aliphatic heterocycles. The molecule has 0 radical (unpaired) electrons. The first kappa shape index (κ1) is 13.0. The Balaban J connectivity index is 2.40. The molecule has 0 bridgehead atoms. The quantitative estimate of drug-likeness (QED) is 0.906. The summed E-state index contributed by atoms with van der Waals surface area (Å²) in [4.78, 5) is 8.58. The lowest BCUT2D eigenvalue weighted by Gasteiger charge is -2.11. The predicted octanol–water partition coefficient (Wildman–Crippen LogP) is 2.19. The number of hydrogen-bond donors (Lipinski definition) is 2. The summed E-state index contributed by atoms with van der Waals surface area (Å²) < 4.78 is 6.09. The third kappa shape index (κ3) is 2.70. The second kappa shape index (κ2) is 5.49. The molecule has 0 saturated carbocycles. The molecule has 2 aromatic rings. The summed E-state index contributed by atoms with van der Waals surface area (Å²) in [6.45, 7) is 1.89. The summed E-state index contributed by atoms with van der Waals surface area (Å²) in [6.07, 6.45) is 1.74. The van der Waals surface area contributed by atoms with E-state index in [9.17, 15) is 0 Å². The van der Waals surface area contributed by atoms with Crippen LogP contribution in [0.4, 0.5) is 5.95 Å². The highest BCUT2D eigenvalue weighted by molar-refractivity contribution is 9.10. The zero-order valence-electron chi connectivity index (χ0n) is 10.1. The number of halogens is 1. The van der Waals surface area contributed by atoms with Crippen molar-refractivity contribution in [1.29, 1.82) is 0 Å². The van der Waals surface area contributed by atoms with Crippen LogP contribution in [0.2, 0.25) is 0 Å². The number of nitrogens with zero attached hydrogens (tertiary/aromatic N) is 2. The summed E-state index contributed by atoms with van der Waals surface area (Å²) in [5.74, 6) is 1.22. The summed E-state index contributed by atoms with van der Waals surface area (Å²) in [5, 5.41) is 12.9. The summed E-state index contributed by atoms with van der Waals surface area (Å²) in [6, 6.07) is 3.67. The summed E-state index contributed by atoms with van der Waals surface area (Å²) >= 11 is 3.42. The van der Waals surface area contributed by atoms with Crippen LogP contribution in [-0.2, 0) is 0 Å². The number of anilines is 1. The Kier molecular flexibility index (Phi) is 3.98. The van der Waals surface area contributed by atoms with E-state index in [4.69, 9.17) is 9.84 Å². The van der Waals surface area contributed by atoms with E-state index in [0.717, 1.165) is 21.1 Å². The van der Waals surface area contributed by atoms with Crippen LogP contribution in [0.15, 0.2) is 22.8 Å². The largest absolute Gasteiger partial charge is 0.495 e. The molecule has 0 fully saturated rings. The van der Waals surface area contributed by atoms with Crippen LogP contribution in [0, 0.1) is 0 Å². The lowest BCUT2D eigenvalue weighted by atomic mass is 10.2. The molecule has 0 aliphatic rings. The van der Waals surface area contributed by atoms with E-state index in [1.165, 1.54) is 0 Å². The van der Waals surface area contributed by atoms with Crippen molar-refractivity contribution in [3.05, 3.63) is 22.8 Å². The van der Waals surface area contributed by atoms with E-state index < -0.39 is 0 Å². The number of fused-ring (bicyclic) bond motifs is 1. The topological polar surface area (TPSA) is 67.3 Å². The van der Waals surface area contributed by atoms with Crippen molar-refractivity contribution in [2.45, 2.75) is 13.0 Å². The van der Waals surface area contributed by atoms with Gasteiger partial charge in [0.1, 0.15) is 5.75 Å². The number of ether oxygens (including phenoxy) is 1. The Morgan fingerprint density at radius 3 is 2.94 bits per heavy atom. The fraction of sp³-hybridized carbons (Fsp3) is 0.333. The molecule has 0 amide bonds. The summed E-state index contributed by atoms with van der Waals surface area (Å²) in [7, 11) is 1.61. The highest BCUT2D eigenvalue weighted by Crippen LogP contribution is 2.29. The average molecular weight is 312 g/mol. The molecule has 5 nitrogen and oxygen atoms in total. The van der Waals surface area contributed by atoms with E-state index in [0.29, 0.717) is 5.95 Å². The fourth-order valence-corrected chi connectivity index (χ4v) is 2.05. The molecule has 18 heavy (non-hydrogen) atoms. The van der Waals surface area contributed by atoms with Crippen LogP contribution in [0.25, 0.3) is 10.9 Å². The molecule has 1 aromatic heterocycles. The Labute approximate surface area is 113 Å². The Morgan fingerprint density at radius 2 is 2.28 bits per heavy atom. The van der Waals surface area contributed by atoms with Crippen molar-refractivity contribution in [2.75, 3.05) is 19.0 Å². The second-order valence-electron chi connectivity index (χ2n) is 3.97. The normalized spacial score (nSPS) is 12.4. The minimum Gasteiger partial charge on any atom is -0.495 e. The Morgan fingerprint density at radius 1 is 1.50 bits per heavy atom. The highest BCUT2D eigenvalue weighted by atomic mass is 79.9. The molecule has 2 N–H and O–H groups in total. The zero-order chi connectivity index (χ0) is 13.1. The van der Waals surface area contributed by atoms with Crippen molar-refractivity contribution < 1.29 is 9.84 Å². The molecule has 0 saturated heterocycles. The molecule has 0 spiro atoms. The molecule has 96 valence electrons. The van der Waals surface area contributed by atoms with E-state index in [1.54, 1.807) is 13.3 Å². The minimum atomic E-state index is -0.0835. The van der Waals surface area contributed by atoms with Gasteiger partial charge in [-0.3, -0.25) is 0 Å². The van der Waals surface area contributed by atoms with Gasteiger partial charge in [-0.25, -0.2) is 9.97 Å². The van der Waals surface area contributed by atoms with Crippen molar-refractivity contribution in [3.8, 4) is 5.75 Å². The number of methoxy groups -OCH3 is 1. The maximum Gasteiger partial charge on any atom is 0.223 e. The summed E-state index contributed by atoms with van der Waals surface area (Å²) in [5.41, 5.74) is 0.790. The third-order valence-electron chi connectivity index (χ3n) is 2.50. The van der Waals surface area contributed by atoms with Gasteiger partial charge in [-0.15, -0.1) is 0 Å². The van der Waals surface area contributed by atoms with Gasteiger partial charge in [-0.2, -0.15) is 0 Å². The number of hydrogen-bond acceptors (Lipinski definition) is 5. The first-order valence-corrected chi connectivity index (χ1v) is 6.31. The Bertz CT molecular complexity index is 562. The van der Waals surface area contributed by atoms with Crippen LogP contribution < -0.4 is 10.1 Å². The van der Waals surface area contributed by atoms with Crippen LogP contribution in [-0.4, -0.2) is 34.8 Å². The standard InChI is InChI=1S/C12H14BrN3O2/c1-7(6-17)15-12-14-5-8-3-9(13)11(18-2)4-10(8)16-12/h3-5,7,17H,6H2,1-2H3,(H,14,15,16)/t7-/m0/s1. The van der Waals surface area contributed by atoms with E-state index in [2.05, 4.69) is 31.2 Å². The van der Waals surface area contributed by atoms with Gasteiger partial charge in [0.25, 0.3) is 0 Å². The van der Waals surface area contributed by atoms with Crippen LogP contribution >= 0.6 is 15.9 Å². The molecule has 0 unspecified atom stereocenters. The van der Waals surface area contributed by atoms with Crippen molar-refractivity contribution in [2.24, 2.45) is 0 Å². The lowest BCUT2D eigenvalue weighted by Crippen LogP contribution is -2.20. The zero-order valence-corrected chi connectivity index (χ0v) is 11.7. The van der Waals surface area contributed by atoms with Crippen LogP contribution in [0.1, 0.15) is 6.92 Å². The molecule has 2 rings (SSSR count). The minimum absolute atomic E-state index is 0.0328. The van der Waals surface area contributed by atoms with E-state index >= 15 is 0 Å². The second-order valence-corrected chi connectivity index (χ2v) is 4.82. The molecular weight excluding hydrogens is 298 g/mol. The van der Waals surface area contributed by atoms with Gasteiger partial charge in [-0.1, -0.05) is 0 Å². The van der Waals surface area contributed by atoms with Gasteiger partial charge in [0.05, 0.1) is 23.7 Å². The van der Waals surface area contributed by atoms with Crippen molar-refractivity contribution >= 4 is 32.8 Å². The van der Waals surface area contributed by atoms with Gasteiger partial charge in [0.15, 0.2) is 0 Å². The first-order valence-electron chi connectivity index (χ1n) is 5.51. The number of benzene rings is 1. The molecule has 0 aliphatic carbocycles. The highest BCUT2D eigenvalue weighted by Gasteiger charge is 2.07. The van der Waals surface area contributed by atoms with Gasteiger partial charge < -0.3 is 15.2 Å². The smallest absolute Gasteiger partial charge is 0.223 e. The monoisotopic (exact) mass is 311 g/mol. The molecular formula is C12H14BrN3O2. The number of aromatic nitrogens is 2. The molecule has 1 aromatic carbocycles. The number of nitrogens with one attached hydrogen (secondary N) is 1. The molecule has 6 heteroatoms. The van der Waals surface area contributed by atoms with Crippen LogP contribution in [0.3, 0.4) is 0 Å². The number of rotatable bonds is 4. The first-order chi connectivity index (χ1) is 8.63. The third-order valence-corrected chi connectivity index (χ3v) is 3.12. The fourth-order valence-electron chi connectivity index (χ4n) is 1.52. The van der Waals surface area contributed by atoms with Gasteiger partial charge >= 0.3 is 0 Å². The average Bonchev–Trinajstić information content (AvgIpc) is 2.38. The van der Waals surface area contributed by atoms with Crippen LogP contribution in [0.5, 0.6) is 5.75 Å². The van der Waals surface area contributed by atoms with Crippen molar-refractivity contribution in [1.82, 2.24) is 9.97 Å². The van der Waals surface area contributed by atoms with Gasteiger partial charge in [0, 0.05) is 23.7 Å². The maximum absolute atomic E-state index is 8.98. The van der Waals surface area contributed by atoms with Crippen molar-refractivity contribution in [3.63, 3.8) is 0 Å². The predicted molar refractivity (Wildman–Crippen MR) is 74.0 cm³/mol. The SMILES string of the molecule is COc1cc2nc(N[C@@H](C)CO)ncc2cc1Br. The number of aliphatic hydroxyl groups excluding tert-OH is 1. The lowest BCUT2D eigenvalue weighted by molar-refractivity contribution is 0.281. The van der Waals surface area contributed by atoms with E-state index in [1.807, 2.05) is 19.1 Å².